The van der Waals surface area contributed by atoms with Crippen molar-refractivity contribution in [1.82, 2.24) is 0 Å². The first-order valence-electron chi connectivity index (χ1n) is 28.6. The summed E-state index contributed by atoms with van der Waals surface area (Å²) in [6, 6.07) is 8.61. The zero-order valence-electron chi connectivity index (χ0n) is 51.3. The van der Waals surface area contributed by atoms with Crippen LogP contribution in [0.1, 0.15) is 76.3 Å². The minimum atomic E-state index is -5.83. The fourth-order valence-corrected chi connectivity index (χ4v) is 14.8. The zero-order valence-corrected chi connectivity index (χ0v) is 56.2. The van der Waals surface area contributed by atoms with Crippen LogP contribution in [0, 0.1) is 23.3 Å². The predicted octanol–water partition coefficient (Wildman–Crippen LogP) is 8.18. The van der Waals surface area contributed by atoms with E-state index < -0.39 is 143 Å². The number of unbranched alkanes of at least 4 members (excludes halogenated alkanes) is 2. The number of rotatable bonds is 37. The minimum absolute atomic E-state index is 0.00792. The van der Waals surface area contributed by atoms with Crippen LogP contribution in [0.4, 0.5) is 28.9 Å². The van der Waals surface area contributed by atoms with Crippen LogP contribution in [0.25, 0.3) is 21.5 Å². The molecule has 0 aromatic heterocycles. The molecule has 0 radical (unpaired) electrons. The van der Waals surface area contributed by atoms with Gasteiger partial charge in [-0.1, -0.05) is 49.8 Å². The molecule has 6 rings (SSSR count). The maximum atomic E-state index is 14.8. The van der Waals surface area contributed by atoms with Crippen molar-refractivity contribution < 1.29 is 129 Å². The summed E-state index contributed by atoms with van der Waals surface area (Å²) < 4.78 is 301. The molecule has 1 aliphatic heterocycles. The van der Waals surface area contributed by atoms with E-state index in [1.807, 2.05) is 0 Å². The highest BCUT2D eigenvalue weighted by Crippen LogP contribution is 2.54. The van der Waals surface area contributed by atoms with Gasteiger partial charge in [0.2, 0.25) is 17.4 Å². The highest BCUT2D eigenvalue weighted by molar-refractivity contribution is 7.87. The zero-order chi connectivity index (χ0) is 70.7. The van der Waals surface area contributed by atoms with Crippen LogP contribution in [-0.4, -0.2) is 170 Å². The Labute approximate surface area is 546 Å². The predicted molar refractivity (Wildman–Crippen MR) is 335 cm³/mol. The van der Waals surface area contributed by atoms with E-state index in [0.29, 0.717) is 36.7 Å². The molecule has 27 nitrogen and oxygen atoms in total. The fraction of sp³-hybridized carbons (Fsp3) is 0.431. The minimum Gasteiger partial charge on any atom is -0.420 e. The number of allylic oxidation sites excluding steroid dienone is 6. The Morgan fingerprint density at radius 2 is 1.14 bits per heavy atom. The maximum absolute atomic E-state index is 14.8. The second kappa shape index (κ2) is 32.0. The number of nitrogens with one attached hydrogen (secondary N) is 1. The molecule has 1 aliphatic rings. The number of carbonyl (C=O) groups is 1. The lowest BCUT2D eigenvalue weighted by Crippen LogP contribution is -2.31. The number of anilines is 2. The van der Waals surface area contributed by atoms with Crippen molar-refractivity contribution in [2.24, 2.45) is 0 Å². The van der Waals surface area contributed by atoms with E-state index in [1.54, 1.807) is 43.1 Å². The van der Waals surface area contributed by atoms with E-state index in [2.05, 4.69) is 10.1 Å². The molecule has 0 bridgehead atoms. The van der Waals surface area contributed by atoms with Crippen LogP contribution in [0.15, 0.2) is 109 Å². The van der Waals surface area contributed by atoms with Gasteiger partial charge in [0.15, 0.2) is 16.5 Å². The number of fused-ring (bicyclic) bond motifs is 4. The lowest BCUT2D eigenvalue weighted by Gasteiger charge is -2.33. The number of methoxy groups -OCH3 is 2. The molecule has 0 saturated heterocycles. The van der Waals surface area contributed by atoms with Gasteiger partial charge in [-0.05, 0) is 115 Å². The monoisotopic (exact) mass is 1460 g/mol. The summed E-state index contributed by atoms with van der Waals surface area (Å²) in [6.07, 6.45) is 6.85. The third kappa shape index (κ3) is 19.8. The van der Waals surface area contributed by atoms with Gasteiger partial charge in [-0.15, -0.1) is 0 Å². The topological polar surface area (TPSA) is 414 Å². The Morgan fingerprint density at radius 3 is 1.67 bits per heavy atom. The number of benzene rings is 5. The summed E-state index contributed by atoms with van der Waals surface area (Å²) >= 11 is 0. The lowest BCUT2D eigenvalue weighted by molar-refractivity contribution is -0.135. The van der Waals surface area contributed by atoms with Crippen LogP contribution < -0.4 is 15.0 Å². The summed E-state index contributed by atoms with van der Waals surface area (Å²) in [5, 5.41) is 2.58. The molecule has 37 heteroatoms. The Kier molecular flexibility index (Phi) is 26.3. The van der Waals surface area contributed by atoms with E-state index in [-0.39, 0.29) is 136 Å². The molecule has 5 aromatic carbocycles. The third-order valence-electron chi connectivity index (χ3n) is 15.3. The smallest absolute Gasteiger partial charge is 0.311 e. The molecule has 0 saturated carbocycles. The number of esters is 1. The normalized spacial score (nSPS) is 16.2. The summed E-state index contributed by atoms with van der Waals surface area (Å²) in [5.41, 5.74) is -1.31. The van der Waals surface area contributed by atoms with E-state index in [9.17, 15) is 95.6 Å². The fourth-order valence-electron chi connectivity index (χ4n) is 11.0. The molecule has 5 aromatic rings. The number of halogens is 4. The SMILES string of the molecule is COCCNc1ccc2c(S(=O)(=O)O)cc(S(=O)(=O)O)cc2c1C(C)(C/C=C/C=C/C=C1/N(CCCCCC(=O)Oc2c(F)c(F)c(S(=O)(=O)O)c(F)c2F)c2ccc3c(S(=O)(=O)O)cc(S(=O)(=O)O)cc3c2C1(C)CCOCCOCCOCCOC)CCCS(=O)(=O)O. The summed E-state index contributed by atoms with van der Waals surface area (Å²) in [5.74, 6) is -14.1. The highest BCUT2D eigenvalue weighted by atomic mass is 32.2. The average Bonchev–Trinajstić information content (AvgIpc) is 1.62. The second-order valence-corrected chi connectivity index (χ2v) is 30.6. The van der Waals surface area contributed by atoms with Gasteiger partial charge in [-0.25, -0.2) is 8.78 Å². The number of hydrogen-bond acceptors (Lipinski definition) is 21. The number of carbonyl (C=O) groups excluding carboxylic acids is 1. The van der Waals surface area contributed by atoms with Crippen molar-refractivity contribution in [3.8, 4) is 5.75 Å². The largest absolute Gasteiger partial charge is 0.420 e. The molecule has 7 N–H and O–H groups in total. The molecule has 1 heterocycles. The standard InChI is InChI=1S/C58H70F4N2O25S6/c1-57(20-12-32-90(66,67)68,49-41-33-37(91(69,70)71)35-45(93(75,76)77)39(41)15-17-43(49)63-22-25-84-3)19-10-6-5-8-13-47-58(2,21-24-86-28-29-88-31-30-87-27-26-85-4)50-42-34-38(92(72,73)74)36-46(94(78,79)80)40(42)16-18-44(50)64(47)23-11-7-9-14-48(65)89-55-51(59)53(61)56(95(81,82)83)54(62)52(55)60/h5-6,8,10,13,15-18,33-36,63H,7,9,11-12,14,19-32H2,1-4H3,(H,66,67,68)(H,69,70,71)(H,72,73,74)(H,75,76,77)(H,78,79,80)(H,81,82,83)/b8-5+,10-6+,47-13+. The van der Waals surface area contributed by atoms with Gasteiger partial charge in [0, 0.05) is 73.6 Å². The lowest BCUT2D eigenvalue weighted by atomic mass is 9.73. The van der Waals surface area contributed by atoms with E-state index in [1.165, 1.54) is 44.6 Å². The molecular formula is C58H70F4N2O25S6. The van der Waals surface area contributed by atoms with Gasteiger partial charge in [0.25, 0.3) is 50.6 Å². The molecule has 95 heavy (non-hydrogen) atoms. The van der Waals surface area contributed by atoms with Crippen LogP contribution in [0.3, 0.4) is 0 Å². The first-order chi connectivity index (χ1) is 44.2. The van der Waals surface area contributed by atoms with Crippen molar-refractivity contribution in [3.63, 3.8) is 0 Å². The second-order valence-electron chi connectivity index (χ2n) is 22.1. The molecule has 526 valence electrons. The Hall–Kier alpha value is -6.11. The molecule has 0 spiro atoms. The molecule has 2 unspecified atom stereocenters. The molecule has 0 aliphatic carbocycles. The van der Waals surface area contributed by atoms with Crippen molar-refractivity contribution in [2.45, 2.75) is 101 Å². The third-order valence-corrected chi connectivity index (χ3v) is 20.5. The summed E-state index contributed by atoms with van der Waals surface area (Å²) in [7, 11) is -28.3. The van der Waals surface area contributed by atoms with Crippen molar-refractivity contribution in [1.29, 1.82) is 0 Å². The summed E-state index contributed by atoms with van der Waals surface area (Å²) in [6.45, 7) is 4.74. The van der Waals surface area contributed by atoms with E-state index in [4.69, 9.17) is 28.2 Å². The Balaban J connectivity index is 1.46. The van der Waals surface area contributed by atoms with Gasteiger partial charge in [-0.2, -0.15) is 59.3 Å². The van der Waals surface area contributed by atoms with Gasteiger partial charge in [0.05, 0.1) is 61.8 Å². The van der Waals surface area contributed by atoms with Crippen LogP contribution in [0.5, 0.6) is 5.75 Å². The van der Waals surface area contributed by atoms with Crippen molar-refractivity contribution in [2.75, 3.05) is 96.1 Å². The van der Waals surface area contributed by atoms with Gasteiger partial charge in [-0.3, -0.25) is 32.1 Å². The number of nitrogens with zero attached hydrogens (tertiary/aromatic N) is 1. The highest BCUT2D eigenvalue weighted by Gasteiger charge is 2.45. The number of ether oxygens (including phenoxy) is 6. The van der Waals surface area contributed by atoms with Crippen molar-refractivity contribution in [3.05, 3.63) is 119 Å². The van der Waals surface area contributed by atoms with E-state index >= 15 is 0 Å². The first kappa shape index (κ1) is 77.9. The number of hydrogen-bond donors (Lipinski definition) is 7. The Bertz CT molecular complexity index is 4470. The molecule has 0 amide bonds. The Morgan fingerprint density at radius 1 is 0.600 bits per heavy atom. The van der Waals surface area contributed by atoms with Crippen LogP contribution >= 0.6 is 0 Å². The van der Waals surface area contributed by atoms with Gasteiger partial charge >= 0.3 is 16.1 Å². The average molecular weight is 1460 g/mol. The van der Waals surface area contributed by atoms with Gasteiger partial charge < -0.3 is 38.6 Å². The van der Waals surface area contributed by atoms with Gasteiger partial charge in [0.1, 0.15) is 9.79 Å². The molecular weight excluding hydrogens is 1390 g/mol. The first-order valence-corrected chi connectivity index (χ1v) is 37.4. The maximum Gasteiger partial charge on any atom is 0.311 e. The summed E-state index contributed by atoms with van der Waals surface area (Å²) in [4.78, 5) is 8.63. The van der Waals surface area contributed by atoms with E-state index in [0.717, 1.165) is 12.1 Å². The van der Waals surface area contributed by atoms with Crippen molar-refractivity contribution >= 4 is 99.6 Å². The van der Waals surface area contributed by atoms with Crippen LogP contribution in [-0.2, 0) is 100 Å². The quantitative estimate of drug-likeness (QED) is 0.00374. The molecule has 2 atom stereocenters. The molecule has 0 fully saturated rings. The van der Waals surface area contributed by atoms with Crippen LogP contribution in [0.2, 0.25) is 0 Å².